The molecule has 17 heavy (non-hydrogen) atoms. The van der Waals surface area contributed by atoms with E-state index in [0.29, 0.717) is 19.5 Å². The Morgan fingerprint density at radius 3 is 2.29 bits per heavy atom. The zero-order chi connectivity index (χ0) is 13.3. The molecular weight excluding hydrogens is 242 g/mol. The van der Waals surface area contributed by atoms with E-state index in [1.165, 1.54) is 6.26 Å². The average molecular weight is 263 g/mol. The van der Waals surface area contributed by atoms with Gasteiger partial charge < -0.3 is 9.64 Å². The number of amides is 1. The number of carbonyl (C=O) groups is 1. The van der Waals surface area contributed by atoms with Gasteiger partial charge in [0.2, 0.25) is 0 Å². The Bertz CT molecular complexity index is 377. The number of carbonyl (C=O) groups excluding carboxylic acids is 1. The van der Waals surface area contributed by atoms with Crippen molar-refractivity contribution in [1.82, 2.24) is 4.90 Å². The molecule has 6 heteroatoms. The second kappa shape index (κ2) is 4.84. The first kappa shape index (κ1) is 14.3. The van der Waals surface area contributed by atoms with Gasteiger partial charge in [-0.05, 0) is 33.1 Å². The van der Waals surface area contributed by atoms with Crippen LogP contribution in [-0.4, -0.2) is 50.1 Å². The van der Waals surface area contributed by atoms with E-state index in [1.54, 1.807) is 4.90 Å². The van der Waals surface area contributed by atoms with Crippen LogP contribution in [0.1, 0.15) is 27.2 Å². The van der Waals surface area contributed by atoms with E-state index in [9.17, 15) is 13.2 Å². The van der Waals surface area contributed by atoms with Gasteiger partial charge in [0.15, 0.2) is 0 Å². The van der Waals surface area contributed by atoms with Gasteiger partial charge in [-0.1, -0.05) is 0 Å². The highest BCUT2D eigenvalue weighted by atomic mass is 32.2. The molecule has 100 valence electrons. The van der Waals surface area contributed by atoms with Crippen LogP contribution in [0.4, 0.5) is 4.79 Å². The third-order valence-electron chi connectivity index (χ3n) is 2.51. The van der Waals surface area contributed by atoms with Crippen molar-refractivity contribution < 1.29 is 17.9 Å². The van der Waals surface area contributed by atoms with Gasteiger partial charge in [-0.2, -0.15) is 0 Å². The van der Waals surface area contributed by atoms with Crippen LogP contribution in [0.2, 0.25) is 0 Å². The third-order valence-corrected chi connectivity index (χ3v) is 3.48. The van der Waals surface area contributed by atoms with Crippen LogP contribution in [0, 0.1) is 5.92 Å². The molecule has 0 aliphatic carbocycles. The first-order valence-corrected chi connectivity index (χ1v) is 7.78. The number of rotatable bonds is 3. The maximum atomic E-state index is 11.6. The number of nitrogens with zero attached hydrogens (tertiary/aromatic N) is 1. The lowest BCUT2D eigenvalue weighted by atomic mass is 9.98. The number of sulfone groups is 1. The highest BCUT2D eigenvalue weighted by Gasteiger charge is 2.33. The molecule has 5 nitrogen and oxygen atoms in total. The smallest absolute Gasteiger partial charge is 0.410 e. The van der Waals surface area contributed by atoms with Gasteiger partial charge in [0.05, 0.1) is 5.75 Å². The molecule has 0 atom stereocenters. The molecule has 0 N–H and O–H groups in total. The Kier molecular flexibility index (Phi) is 4.06. The van der Waals surface area contributed by atoms with Gasteiger partial charge in [-0.15, -0.1) is 0 Å². The summed E-state index contributed by atoms with van der Waals surface area (Å²) in [7, 11) is -2.90. The van der Waals surface area contributed by atoms with E-state index >= 15 is 0 Å². The van der Waals surface area contributed by atoms with Gasteiger partial charge in [0, 0.05) is 19.3 Å². The second-order valence-corrected chi connectivity index (χ2v) is 7.93. The van der Waals surface area contributed by atoms with Crippen molar-refractivity contribution in [2.75, 3.05) is 25.1 Å². The van der Waals surface area contributed by atoms with E-state index < -0.39 is 15.4 Å². The molecule has 1 heterocycles. The second-order valence-electron chi connectivity index (χ2n) is 5.67. The van der Waals surface area contributed by atoms with Gasteiger partial charge in [0.25, 0.3) is 0 Å². The fourth-order valence-corrected chi connectivity index (χ4v) is 2.37. The minimum atomic E-state index is -2.90. The lowest BCUT2D eigenvalue weighted by molar-refractivity contribution is -0.00127. The van der Waals surface area contributed by atoms with Crippen LogP contribution in [0.15, 0.2) is 0 Å². The average Bonchev–Trinajstić information content (AvgIpc) is 1.94. The van der Waals surface area contributed by atoms with Crippen molar-refractivity contribution in [3.63, 3.8) is 0 Å². The molecular formula is C11H21NO4S. The molecule has 1 rings (SSSR count). The molecule has 1 fully saturated rings. The monoisotopic (exact) mass is 263 g/mol. The van der Waals surface area contributed by atoms with E-state index in [-0.39, 0.29) is 17.8 Å². The number of hydrogen-bond acceptors (Lipinski definition) is 4. The Morgan fingerprint density at radius 1 is 1.35 bits per heavy atom. The van der Waals surface area contributed by atoms with Gasteiger partial charge in [-0.25, -0.2) is 13.2 Å². The van der Waals surface area contributed by atoms with Crippen molar-refractivity contribution in [2.45, 2.75) is 32.8 Å². The maximum absolute atomic E-state index is 11.6. The van der Waals surface area contributed by atoms with Gasteiger partial charge in [-0.3, -0.25) is 0 Å². The lowest BCUT2D eigenvalue weighted by Crippen LogP contribution is -2.51. The summed E-state index contributed by atoms with van der Waals surface area (Å²) in [5.74, 6) is 0.483. The molecule has 0 aromatic heterocycles. The molecule has 1 aliphatic rings. The lowest BCUT2D eigenvalue weighted by Gasteiger charge is -2.39. The molecule has 0 bridgehead atoms. The third kappa shape index (κ3) is 5.39. The number of likely N-dealkylation sites (tertiary alicyclic amines) is 1. The first-order chi connectivity index (χ1) is 7.57. The van der Waals surface area contributed by atoms with Crippen LogP contribution in [0.25, 0.3) is 0 Å². The minimum absolute atomic E-state index is 0.194. The molecule has 0 spiro atoms. The number of hydrogen-bond donors (Lipinski definition) is 0. The maximum Gasteiger partial charge on any atom is 0.410 e. The van der Waals surface area contributed by atoms with Crippen molar-refractivity contribution in [3.05, 3.63) is 0 Å². The first-order valence-electron chi connectivity index (χ1n) is 5.72. The fourth-order valence-electron chi connectivity index (χ4n) is 1.61. The quantitative estimate of drug-likeness (QED) is 0.769. The summed E-state index contributed by atoms with van der Waals surface area (Å²) in [5.41, 5.74) is -0.477. The van der Waals surface area contributed by atoms with Crippen LogP contribution in [0.3, 0.4) is 0 Å². The van der Waals surface area contributed by atoms with Crippen LogP contribution in [0.5, 0.6) is 0 Å². The summed E-state index contributed by atoms with van der Waals surface area (Å²) < 4.78 is 27.2. The minimum Gasteiger partial charge on any atom is -0.444 e. The molecule has 0 radical (unpaired) electrons. The topological polar surface area (TPSA) is 63.7 Å². The molecule has 1 aliphatic heterocycles. The molecule has 0 saturated carbocycles. The van der Waals surface area contributed by atoms with E-state index in [0.717, 1.165) is 0 Å². The van der Waals surface area contributed by atoms with Gasteiger partial charge >= 0.3 is 6.09 Å². The summed E-state index contributed by atoms with van der Waals surface area (Å²) in [6, 6.07) is 0. The summed E-state index contributed by atoms with van der Waals surface area (Å²) >= 11 is 0. The Hall–Kier alpha value is -0.780. The Morgan fingerprint density at radius 2 is 1.88 bits per heavy atom. The van der Waals surface area contributed by atoms with Crippen LogP contribution < -0.4 is 0 Å². The van der Waals surface area contributed by atoms with E-state index in [2.05, 4.69) is 0 Å². The Balaban J connectivity index is 2.25. The van der Waals surface area contributed by atoms with E-state index in [4.69, 9.17) is 4.74 Å². The zero-order valence-corrected chi connectivity index (χ0v) is 11.7. The number of ether oxygens (including phenoxy) is 1. The molecule has 1 amide bonds. The molecule has 0 aromatic rings. The van der Waals surface area contributed by atoms with E-state index in [1.807, 2.05) is 20.8 Å². The standard InChI is InChI=1S/C11H21NO4S/c1-11(2,3)16-10(13)12-7-9(8-12)5-6-17(4,14)15/h9H,5-8H2,1-4H3. The predicted octanol–water partition coefficient (Wildman–Crippen LogP) is 1.29. The van der Waals surface area contributed by atoms with Crippen molar-refractivity contribution in [1.29, 1.82) is 0 Å². The summed E-state index contributed by atoms with van der Waals surface area (Å²) in [4.78, 5) is 13.2. The highest BCUT2D eigenvalue weighted by molar-refractivity contribution is 7.90. The molecule has 1 saturated heterocycles. The molecule has 0 aromatic carbocycles. The summed E-state index contributed by atoms with van der Waals surface area (Å²) in [6.07, 6.45) is 1.54. The van der Waals surface area contributed by atoms with Crippen LogP contribution >= 0.6 is 0 Å². The largest absolute Gasteiger partial charge is 0.444 e. The van der Waals surface area contributed by atoms with Crippen LogP contribution in [-0.2, 0) is 14.6 Å². The fraction of sp³-hybridized carbons (Fsp3) is 0.909. The predicted molar refractivity (Wildman–Crippen MR) is 65.6 cm³/mol. The molecule has 0 unspecified atom stereocenters. The summed E-state index contributed by atoms with van der Waals surface area (Å²) in [6.45, 7) is 6.68. The highest BCUT2D eigenvalue weighted by Crippen LogP contribution is 2.22. The summed E-state index contributed by atoms with van der Waals surface area (Å²) in [5, 5.41) is 0. The zero-order valence-electron chi connectivity index (χ0n) is 10.9. The Labute approximate surface area is 103 Å². The van der Waals surface area contributed by atoms with Crippen molar-refractivity contribution in [3.8, 4) is 0 Å². The normalized spacial score (nSPS) is 17.8. The van der Waals surface area contributed by atoms with Crippen molar-refractivity contribution in [2.24, 2.45) is 5.92 Å². The van der Waals surface area contributed by atoms with Gasteiger partial charge in [0.1, 0.15) is 15.4 Å². The SMILES string of the molecule is CC(C)(C)OC(=O)N1CC(CCS(C)(=O)=O)C1. The van der Waals surface area contributed by atoms with Crippen molar-refractivity contribution >= 4 is 15.9 Å².